The molecule has 1 saturated heterocycles. The van der Waals surface area contributed by atoms with Crippen LogP contribution in [0.15, 0.2) is 53.5 Å². The standard InChI is InChI=1S/C21H26FN5O/c1-2-24-20(28)17-5-3-4-16(14-17)15-25-21(23)27-12-10-26(11-13-27)19-8-6-18(22)7-9-19/h3-9,14H,2,10-13,15H2,1H3,(H2,23,25)(H,24,28). The van der Waals surface area contributed by atoms with Crippen LogP contribution in [0.3, 0.4) is 0 Å². The third-order valence-corrected chi connectivity index (χ3v) is 4.75. The lowest BCUT2D eigenvalue weighted by Gasteiger charge is -2.36. The molecule has 0 aromatic heterocycles. The van der Waals surface area contributed by atoms with Gasteiger partial charge < -0.3 is 20.9 Å². The zero-order valence-electron chi connectivity index (χ0n) is 16.1. The Labute approximate surface area is 164 Å². The number of nitrogens with two attached hydrogens (primary N) is 1. The predicted molar refractivity (Wildman–Crippen MR) is 110 cm³/mol. The van der Waals surface area contributed by atoms with Gasteiger partial charge in [-0.25, -0.2) is 9.38 Å². The molecule has 0 spiro atoms. The number of rotatable bonds is 5. The van der Waals surface area contributed by atoms with E-state index in [-0.39, 0.29) is 11.7 Å². The first-order chi connectivity index (χ1) is 13.6. The first-order valence-corrected chi connectivity index (χ1v) is 9.49. The van der Waals surface area contributed by atoms with Crippen LogP contribution in [-0.2, 0) is 6.54 Å². The van der Waals surface area contributed by atoms with Gasteiger partial charge in [-0.1, -0.05) is 12.1 Å². The van der Waals surface area contributed by atoms with E-state index in [1.165, 1.54) is 12.1 Å². The Kier molecular flexibility index (Phi) is 6.47. The Balaban J connectivity index is 1.55. The number of guanidine groups is 1. The molecular formula is C21H26FN5O. The first kappa shape index (κ1) is 19.7. The number of nitrogens with one attached hydrogen (secondary N) is 1. The van der Waals surface area contributed by atoms with E-state index in [1.807, 2.05) is 30.0 Å². The number of carbonyl (C=O) groups is 1. The van der Waals surface area contributed by atoms with Gasteiger partial charge in [-0.15, -0.1) is 0 Å². The van der Waals surface area contributed by atoms with Crippen molar-refractivity contribution in [3.05, 3.63) is 65.5 Å². The second kappa shape index (κ2) is 9.21. The number of hydrogen-bond acceptors (Lipinski definition) is 3. The molecule has 0 radical (unpaired) electrons. The van der Waals surface area contributed by atoms with Crippen molar-refractivity contribution in [2.24, 2.45) is 10.7 Å². The fourth-order valence-electron chi connectivity index (χ4n) is 3.19. The average molecular weight is 383 g/mol. The Morgan fingerprint density at radius 2 is 1.86 bits per heavy atom. The molecule has 0 bridgehead atoms. The van der Waals surface area contributed by atoms with E-state index < -0.39 is 0 Å². The van der Waals surface area contributed by atoms with Crippen molar-refractivity contribution in [2.75, 3.05) is 37.6 Å². The van der Waals surface area contributed by atoms with Gasteiger partial charge in [0.1, 0.15) is 5.82 Å². The molecule has 1 amide bonds. The van der Waals surface area contributed by atoms with Crippen LogP contribution in [0, 0.1) is 5.82 Å². The van der Waals surface area contributed by atoms with Gasteiger partial charge in [0.15, 0.2) is 5.96 Å². The zero-order chi connectivity index (χ0) is 19.9. The lowest BCUT2D eigenvalue weighted by Crippen LogP contribution is -2.51. The molecule has 0 aliphatic carbocycles. The Hall–Kier alpha value is -3.09. The number of carbonyl (C=O) groups excluding carboxylic acids is 1. The van der Waals surface area contributed by atoms with Crippen LogP contribution in [0.25, 0.3) is 0 Å². The van der Waals surface area contributed by atoms with Gasteiger partial charge in [0.05, 0.1) is 6.54 Å². The minimum Gasteiger partial charge on any atom is -0.370 e. The van der Waals surface area contributed by atoms with Gasteiger partial charge in [0.25, 0.3) is 5.91 Å². The van der Waals surface area contributed by atoms with E-state index >= 15 is 0 Å². The summed E-state index contributed by atoms with van der Waals surface area (Å²) < 4.78 is 13.1. The zero-order valence-corrected chi connectivity index (χ0v) is 16.1. The number of benzene rings is 2. The average Bonchev–Trinajstić information content (AvgIpc) is 2.73. The summed E-state index contributed by atoms with van der Waals surface area (Å²) in [7, 11) is 0. The van der Waals surface area contributed by atoms with Crippen molar-refractivity contribution in [1.82, 2.24) is 10.2 Å². The molecule has 1 fully saturated rings. The van der Waals surface area contributed by atoms with Crippen molar-refractivity contribution >= 4 is 17.6 Å². The third kappa shape index (κ3) is 5.00. The molecule has 0 saturated carbocycles. The van der Waals surface area contributed by atoms with E-state index in [2.05, 4.69) is 15.2 Å². The topological polar surface area (TPSA) is 74.0 Å². The minimum absolute atomic E-state index is 0.0850. The maximum absolute atomic E-state index is 13.1. The summed E-state index contributed by atoms with van der Waals surface area (Å²) in [5, 5.41) is 2.79. The van der Waals surface area contributed by atoms with E-state index in [0.717, 1.165) is 37.4 Å². The highest BCUT2D eigenvalue weighted by Gasteiger charge is 2.18. The van der Waals surface area contributed by atoms with Crippen LogP contribution < -0.4 is 16.0 Å². The summed E-state index contributed by atoms with van der Waals surface area (Å²) in [5.41, 5.74) is 8.75. The van der Waals surface area contributed by atoms with Crippen molar-refractivity contribution in [1.29, 1.82) is 0 Å². The van der Waals surface area contributed by atoms with Gasteiger partial charge in [0.2, 0.25) is 0 Å². The van der Waals surface area contributed by atoms with Crippen LogP contribution in [0.1, 0.15) is 22.8 Å². The molecule has 1 aliphatic heterocycles. The number of nitrogens with zero attached hydrogens (tertiary/aromatic N) is 3. The van der Waals surface area contributed by atoms with Crippen molar-refractivity contribution in [3.8, 4) is 0 Å². The number of piperazine rings is 1. The van der Waals surface area contributed by atoms with Gasteiger partial charge >= 0.3 is 0 Å². The van der Waals surface area contributed by atoms with Gasteiger partial charge in [-0.3, -0.25) is 4.79 Å². The maximum atomic E-state index is 13.1. The number of halogens is 1. The number of aliphatic imine (C=N–C) groups is 1. The van der Waals surface area contributed by atoms with E-state index in [4.69, 9.17) is 5.73 Å². The van der Waals surface area contributed by atoms with Gasteiger partial charge in [-0.05, 0) is 48.9 Å². The molecule has 7 heteroatoms. The van der Waals surface area contributed by atoms with E-state index in [9.17, 15) is 9.18 Å². The van der Waals surface area contributed by atoms with E-state index in [1.54, 1.807) is 18.2 Å². The van der Waals surface area contributed by atoms with Gasteiger partial charge in [-0.2, -0.15) is 0 Å². The largest absolute Gasteiger partial charge is 0.370 e. The Morgan fingerprint density at radius 1 is 1.14 bits per heavy atom. The predicted octanol–water partition coefficient (Wildman–Crippen LogP) is 2.21. The van der Waals surface area contributed by atoms with Crippen LogP contribution in [0.2, 0.25) is 0 Å². The first-order valence-electron chi connectivity index (χ1n) is 9.49. The molecule has 28 heavy (non-hydrogen) atoms. The molecule has 0 unspecified atom stereocenters. The van der Waals surface area contributed by atoms with Crippen molar-refractivity contribution in [3.63, 3.8) is 0 Å². The quantitative estimate of drug-likeness (QED) is 0.613. The Bertz CT molecular complexity index is 829. The minimum atomic E-state index is -0.227. The second-order valence-electron chi connectivity index (χ2n) is 6.68. The Morgan fingerprint density at radius 3 is 2.54 bits per heavy atom. The normalized spacial score (nSPS) is 14.9. The molecule has 1 aliphatic rings. The van der Waals surface area contributed by atoms with Crippen LogP contribution in [0.5, 0.6) is 0 Å². The summed E-state index contributed by atoms with van der Waals surface area (Å²) in [6, 6.07) is 14.0. The van der Waals surface area contributed by atoms with Crippen molar-refractivity contribution < 1.29 is 9.18 Å². The SMILES string of the molecule is CCNC(=O)c1cccc(CN=C(N)N2CCN(c3ccc(F)cc3)CC2)c1. The highest BCUT2D eigenvalue weighted by atomic mass is 19.1. The maximum Gasteiger partial charge on any atom is 0.251 e. The molecule has 6 nitrogen and oxygen atoms in total. The molecule has 3 N–H and O–H groups in total. The lowest BCUT2D eigenvalue weighted by atomic mass is 10.1. The van der Waals surface area contributed by atoms with E-state index in [0.29, 0.717) is 24.6 Å². The summed E-state index contributed by atoms with van der Waals surface area (Å²) >= 11 is 0. The summed E-state index contributed by atoms with van der Waals surface area (Å²) in [6.07, 6.45) is 0. The molecule has 2 aromatic carbocycles. The number of amides is 1. The molecular weight excluding hydrogens is 357 g/mol. The van der Waals surface area contributed by atoms with Crippen LogP contribution >= 0.6 is 0 Å². The van der Waals surface area contributed by atoms with Crippen LogP contribution in [0.4, 0.5) is 10.1 Å². The lowest BCUT2D eigenvalue weighted by molar-refractivity contribution is 0.0955. The fourth-order valence-corrected chi connectivity index (χ4v) is 3.19. The number of anilines is 1. The highest BCUT2D eigenvalue weighted by Crippen LogP contribution is 2.17. The van der Waals surface area contributed by atoms with Crippen molar-refractivity contribution in [2.45, 2.75) is 13.5 Å². The summed E-state index contributed by atoms with van der Waals surface area (Å²) in [6.45, 7) is 6.03. The highest BCUT2D eigenvalue weighted by molar-refractivity contribution is 5.94. The monoisotopic (exact) mass is 383 g/mol. The molecule has 3 rings (SSSR count). The molecule has 148 valence electrons. The third-order valence-electron chi connectivity index (χ3n) is 4.75. The second-order valence-corrected chi connectivity index (χ2v) is 6.68. The van der Waals surface area contributed by atoms with Gasteiger partial charge in [0, 0.05) is 44.0 Å². The van der Waals surface area contributed by atoms with Crippen LogP contribution in [-0.4, -0.2) is 49.5 Å². The number of hydrogen-bond donors (Lipinski definition) is 2. The summed E-state index contributed by atoms with van der Waals surface area (Å²) in [4.78, 5) is 20.7. The smallest absolute Gasteiger partial charge is 0.251 e. The molecule has 1 heterocycles. The molecule has 0 atom stereocenters. The molecule has 2 aromatic rings. The fraction of sp³-hybridized carbons (Fsp3) is 0.333. The summed E-state index contributed by atoms with van der Waals surface area (Å²) in [5.74, 6) is 0.190.